The molecule has 0 aliphatic heterocycles. The van der Waals surface area contributed by atoms with E-state index < -0.39 is 0 Å². The van der Waals surface area contributed by atoms with Gasteiger partial charge in [0, 0.05) is 11.1 Å². The molecule has 0 aromatic heterocycles. The molecule has 2 rings (SSSR count). The van der Waals surface area contributed by atoms with E-state index in [9.17, 15) is 4.79 Å². The van der Waals surface area contributed by atoms with Gasteiger partial charge in [-0.05, 0) is 12.1 Å². The van der Waals surface area contributed by atoms with E-state index in [1.165, 1.54) is 0 Å². The van der Waals surface area contributed by atoms with Crippen LogP contribution in [0.1, 0.15) is 17.3 Å². The molecule has 0 bridgehead atoms. The molecule has 3 heteroatoms. The van der Waals surface area contributed by atoms with Crippen LogP contribution in [0.5, 0.6) is 0 Å². The molecule has 0 unspecified atom stereocenters. The summed E-state index contributed by atoms with van der Waals surface area (Å²) in [6.07, 6.45) is 0. The smallest absolute Gasteiger partial charge is 0.194 e. The molecule has 0 radical (unpaired) electrons. The largest absolute Gasteiger partial charge is 0.289 e. The first kappa shape index (κ1) is 9.88. The Morgan fingerprint density at radius 1 is 1.06 bits per heavy atom. The number of rotatable bonds is 2. The van der Waals surface area contributed by atoms with Crippen LogP contribution in [0.2, 0.25) is 10.0 Å². The highest BCUT2D eigenvalue weighted by molar-refractivity contribution is 6.44. The average Bonchev–Trinajstić information content (AvgIpc) is 2.32. The fraction of sp³-hybridized carbons (Fsp3) is 0. The van der Waals surface area contributed by atoms with E-state index in [-0.39, 0.29) is 16.8 Å². The Kier molecular flexibility index (Phi) is 2.89. The summed E-state index contributed by atoms with van der Waals surface area (Å²) in [5, 5.41) is 0.558. The van der Waals surface area contributed by atoms with Crippen molar-refractivity contribution in [3.63, 3.8) is 0 Å². The molecule has 0 amide bonds. The zero-order chi connectivity index (χ0) is 12.4. The molecular weight excluding hydrogens is 243 g/mol. The summed E-state index contributed by atoms with van der Waals surface area (Å²) in [5.41, 5.74) is 0.635. The van der Waals surface area contributed by atoms with Crippen molar-refractivity contribution in [2.24, 2.45) is 0 Å². The van der Waals surface area contributed by atoms with Crippen LogP contribution in [-0.2, 0) is 0 Å². The topological polar surface area (TPSA) is 17.1 Å². The van der Waals surface area contributed by atoms with Crippen LogP contribution in [0, 0.1) is 0 Å². The van der Waals surface area contributed by atoms with E-state index in [2.05, 4.69) is 0 Å². The van der Waals surface area contributed by atoms with Gasteiger partial charge in [-0.2, -0.15) is 0 Å². The molecule has 0 spiro atoms. The average molecular weight is 252 g/mol. The van der Waals surface area contributed by atoms with Crippen LogP contribution in [-0.4, -0.2) is 5.78 Å². The lowest BCUT2D eigenvalue weighted by Gasteiger charge is -2.04. The molecule has 0 heterocycles. The van der Waals surface area contributed by atoms with Gasteiger partial charge in [0.1, 0.15) is 0 Å². The van der Waals surface area contributed by atoms with E-state index in [0.717, 1.165) is 0 Å². The maximum Gasteiger partial charge on any atom is 0.194 e. The number of benzene rings is 2. The summed E-state index contributed by atoms with van der Waals surface area (Å²) in [6.45, 7) is 0. The molecule has 0 fully saturated rings. The van der Waals surface area contributed by atoms with Crippen molar-refractivity contribution < 1.29 is 6.17 Å². The molecule has 0 saturated heterocycles. The van der Waals surface area contributed by atoms with E-state index in [4.69, 9.17) is 24.6 Å². The van der Waals surface area contributed by atoms with Gasteiger partial charge in [-0.25, -0.2) is 0 Å². The number of carbonyl (C=O) groups is 1. The molecule has 0 aliphatic rings. The van der Waals surface area contributed by atoms with Gasteiger partial charge in [-0.3, -0.25) is 4.79 Å². The van der Waals surface area contributed by atoms with Crippen molar-refractivity contribution >= 4 is 29.0 Å². The minimum absolute atomic E-state index is 0.175. The predicted octanol–water partition coefficient (Wildman–Crippen LogP) is 4.22. The molecule has 2 aromatic carbocycles. The zero-order valence-electron chi connectivity index (χ0n) is 9.21. The van der Waals surface area contributed by atoms with Crippen LogP contribution in [0.4, 0.5) is 0 Å². The normalized spacial score (nSPS) is 11.0. The monoisotopic (exact) mass is 251 g/mol. The number of ketones is 1. The third-order valence-electron chi connectivity index (χ3n) is 2.15. The molecular formula is C13H8Cl2O. The lowest BCUT2D eigenvalue weighted by molar-refractivity contribution is 0.103. The van der Waals surface area contributed by atoms with E-state index in [1.54, 1.807) is 42.5 Å². The second-order valence-corrected chi connectivity index (χ2v) is 3.99. The Labute approximate surface area is 105 Å². The van der Waals surface area contributed by atoms with E-state index in [0.29, 0.717) is 16.1 Å². The summed E-state index contributed by atoms with van der Waals surface area (Å²) in [4.78, 5) is 12.2. The Balaban J connectivity index is 2.52. The maximum absolute atomic E-state index is 12.2. The first-order valence-corrected chi connectivity index (χ1v) is 5.41. The molecule has 0 saturated carbocycles. The van der Waals surface area contributed by atoms with Crippen LogP contribution >= 0.6 is 23.2 Å². The van der Waals surface area contributed by atoms with Crippen molar-refractivity contribution in [2.45, 2.75) is 0 Å². The minimum Gasteiger partial charge on any atom is -0.289 e. The van der Waals surface area contributed by atoms with Gasteiger partial charge in [0.2, 0.25) is 0 Å². The summed E-state index contributed by atoms with van der Waals surface area (Å²) in [7, 11) is 0. The van der Waals surface area contributed by atoms with Gasteiger partial charge in [-0.15, -0.1) is 0 Å². The molecule has 0 aliphatic carbocycles. The quantitative estimate of drug-likeness (QED) is 0.731. The Bertz CT molecular complexity index is 581. The molecule has 0 atom stereocenters. The van der Waals surface area contributed by atoms with Crippen LogP contribution in [0.3, 0.4) is 0 Å². The fourth-order valence-corrected chi connectivity index (χ4v) is 1.75. The summed E-state index contributed by atoms with van der Waals surface area (Å²) in [6, 6.07) is 11.6. The van der Waals surface area contributed by atoms with Crippen molar-refractivity contribution in [1.82, 2.24) is 0 Å². The first-order chi connectivity index (χ1) is 8.11. The van der Waals surface area contributed by atoms with Gasteiger partial charge in [0.15, 0.2) is 5.78 Å². The van der Waals surface area contributed by atoms with Gasteiger partial charge in [-0.1, -0.05) is 59.6 Å². The molecule has 2 aromatic rings. The Hall–Kier alpha value is -1.31. The standard InChI is InChI=1S/C13H8Cl2O/c14-11-8-4-7-10(12(11)15)13(16)9-5-2-1-3-6-9/h1-8H/i5D. The van der Waals surface area contributed by atoms with Gasteiger partial charge >= 0.3 is 0 Å². The maximum atomic E-state index is 12.2. The van der Waals surface area contributed by atoms with Gasteiger partial charge < -0.3 is 0 Å². The van der Waals surface area contributed by atoms with Crippen molar-refractivity contribution in [2.75, 3.05) is 0 Å². The third kappa shape index (κ3) is 2.11. The molecule has 1 nitrogen and oxygen atoms in total. The van der Waals surface area contributed by atoms with Crippen LogP contribution < -0.4 is 0 Å². The SMILES string of the molecule is [2H]c1ccccc1C(=O)c1cccc(Cl)c1Cl. The lowest BCUT2D eigenvalue weighted by atomic mass is 10.0. The second kappa shape index (κ2) is 4.69. The van der Waals surface area contributed by atoms with E-state index >= 15 is 0 Å². The number of halogens is 2. The number of hydrogen-bond acceptors (Lipinski definition) is 1. The predicted molar refractivity (Wildman–Crippen MR) is 66.3 cm³/mol. The summed E-state index contributed by atoms with van der Waals surface area (Å²) < 4.78 is 7.68. The summed E-state index contributed by atoms with van der Waals surface area (Å²) in [5.74, 6) is -0.289. The van der Waals surface area contributed by atoms with Crippen molar-refractivity contribution in [3.05, 3.63) is 69.7 Å². The summed E-state index contributed by atoms with van der Waals surface area (Å²) >= 11 is 11.8. The number of hydrogen-bond donors (Lipinski definition) is 0. The third-order valence-corrected chi connectivity index (χ3v) is 2.97. The number of carbonyl (C=O) groups excluding carboxylic acids is 1. The lowest BCUT2D eigenvalue weighted by Crippen LogP contribution is -2.01. The fourth-order valence-electron chi connectivity index (χ4n) is 1.36. The highest BCUT2D eigenvalue weighted by Crippen LogP contribution is 2.27. The van der Waals surface area contributed by atoms with E-state index in [1.807, 2.05) is 0 Å². The van der Waals surface area contributed by atoms with Gasteiger partial charge in [0.25, 0.3) is 0 Å². The Morgan fingerprint density at radius 3 is 2.62 bits per heavy atom. The Morgan fingerprint density at radius 2 is 1.88 bits per heavy atom. The molecule has 16 heavy (non-hydrogen) atoms. The highest BCUT2D eigenvalue weighted by Gasteiger charge is 2.13. The van der Waals surface area contributed by atoms with Crippen molar-refractivity contribution in [3.8, 4) is 0 Å². The zero-order valence-corrected chi connectivity index (χ0v) is 9.72. The highest BCUT2D eigenvalue weighted by atomic mass is 35.5. The molecule has 80 valence electrons. The van der Waals surface area contributed by atoms with Gasteiger partial charge in [0.05, 0.1) is 11.4 Å². The van der Waals surface area contributed by atoms with Crippen LogP contribution in [0.25, 0.3) is 0 Å². The second-order valence-electron chi connectivity index (χ2n) is 3.21. The minimum atomic E-state index is -0.289. The first-order valence-electron chi connectivity index (χ1n) is 5.15. The van der Waals surface area contributed by atoms with Crippen LogP contribution in [0.15, 0.2) is 48.5 Å². The van der Waals surface area contributed by atoms with Crippen molar-refractivity contribution in [1.29, 1.82) is 0 Å². The molecule has 0 N–H and O–H groups in total.